The monoisotopic (exact) mass is 301 g/mol. The van der Waals surface area contributed by atoms with Crippen LogP contribution < -0.4 is 5.73 Å². The van der Waals surface area contributed by atoms with Crippen LogP contribution in [0.2, 0.25) is 10.0 Å². The third-order valence-corrected chi connectivity index (χ3v) is 3.52. The van der Waals surface area contributed by atoms with Crippen molar-refractivity contribution in [2.24, 2.45) is 5.73 Å². The van der Waals surface area contributed by atoms with E-state index in [9.17, 15) is 0 Å². The third-order valence-electron chi connectivity index (χ3n) is 2.78. The van der Waals surface area contributed by atoms with E-state index < -0.39 is 0 Å². The fourth-order valence-corrected chi connectivity index (χ4v) is 2.19. The molecule has 0 fully saturated rings. The van der Waals surface area contributed by atoms with E-state index in [0.29, 0.717) is 16.6 Å². The first-order valence-electron chi connectivity index (χ1n) is 5.42. The van der Waals surface area contributed by atoms with Crippen molar-refractivity contribution in [3.05, 3.63) is 69.7 Å². The predicted octanol–water partition coefficient (Wildman–Crippen LogP) is 4.51. The Kier molecular flexibility index (Phi) is 5.97. The highest BCUT2D eigenvalue weighted by molar-refractivity contribution is 6.42. The van der Waals surface area contributed by atoms with E-state index in [1.807, 2.05) is 36.4 Å². The first-order valence-corrected chi connectivity index (χ1v) is 6.18. The second-order valence-corrected chi connectivity index (χ2v) is 4.69. The fraction of sp³-hybridized carbons (Fsp3) is 0.143. The Morgan fingerprint density at radius 1 is 0.889 bits per heavy atom. The van der Waals surface area contributed by atoms with E-state index in [-0.39, 0.29) is 18.3 Å². The number of rotatable bonds is 3. The molecule has 0 amide bonds. The summed E-state index contributed by atoms with van der Waals surface area (Å²) >= 11 is 11.9. The Labute approximate surface area is 123 Å². The Morgan fingerprint density at radius 3 is 2.11 bits per heavy atom. The minimum Gasteiger partial charge on any atom is -0.330 e. The van der Waals surface area contributed by atoms with Crippen LogP contribution in [0.25, 0.3) is 0 Å². The molecule has 0 radical (unpaired) electrons. The van der Waals surface area contributed by atoms with Crippen LogP contribution in [0.1, 0.15) is 17.0 Å². The summed E-state index contributed by atoms with van der Waals surface area (Å²) in [7, 11) is 0. The van der Waals surface area contributed by atoms with Gasteiger partial charge in [0.15, 0.2) is 0 Å². The molecule has 0 bridgehead atoms. The largest absolute Gasteiger partial charge is 0.330 e. The standard InChI is InChI=1S/C14H13Cl2N.ClH/c15-13-7-6-11(8-14(13)16)12(9-17)10-4-2-1-3-5-10;/h1-8,12H,9,17H2;1H. The molecule has 0 aliphatic heterocycles. The minimum atomic E-state index is 0. The topological polar surface area (TPSA) is 26.0 Å². The molecule has 18 heavy (non-hydrogen) atoms. The van der Waals surface area contributed by atoms with Gasteiger partial charge in [0.1, 0.15) is 0 Å². The van der Waals surface area contributed by atoms with Gasteiger partial charge in [-0.05, 0) is 23.3 Å². The summed E-state index contributed by atoms with van der Waals surface area (Å²) in [6.07, 6.45) is 0. The summed E-state index contributed by atoms with van der Waals surface area (Å²) in [6.45, 7) is 0.544. The van der Waals surface area contributed by atoms with Gasteiger partial charge in [0.2, 0.25) is 0 Å². The average molecular weight is 303 g/mol. The lowest BCUT2D eigenvalue weighted by molar-refractivity contribution is 0.819. The molecule has 1 nitrogen and oxygen atoms in total. The van der Waals surface area contributed by atoms with E-state index in [4.69, 9.17) is 28.9 Å². The normalized spacial score (nSPS) is 11.7. The van der Waals surface area contributed by atoms with E-state index in [1.165, 1.54) is 5.56 Å². The zero-order chi connectivity index (χ0) is 12.3. The van der Waals surface area contributed by atoms with Crippen LogP contribution in [-0.2, 0) is 0 Å². The lowest BCUT2D eigenvalue weighted by atomic mass is 9.91. The van der Waals surface area contributed by atoms with Gasteiger partial charge in [0, 0.05) is 12.5 Å². The molecule has 2 aromatic carbocycles. The van der Waals surface area contributed by atoms with Crippen molar-refractivity contribution < 1.29 is 0 Å². The summed E-state index contributed by atoms with van der Waals surface area (Å²) in [5.41, 5.74) is 8.13. The van der Waals surface area contributed by atoms with Crippen molar-refractivity contribution in [1.82, 2.24) is 0 Å². The first kappa shape index (κ1) is 15.3. The van der Waals surface area contributed by atoms with Crippen LogP contribution in [0.5, 0.6) is 0 Å². The molecule has 0 saturated heterocycles. The summed E-state index contributed by atoms with van der Waals surface area (Å²) in [5, 5.41) is 1.14. The van der Waals surface area contributed by atoms with Crippen molar-refractivity contribution in [2.75, 3.05) is 6.54 Å². The smallest absolute Gasteiger partial charge is 0.0595 e. The van der Waals surface area contributed by atoms with Gasteiger partial charge >= 0.3 is 0 Å². The van der Waals surface area contributed by atoms with Crippen molar-refractivity contribution in [3.8, 4) is 0 Å². The zero-order valence-corrected chi connectivity index (χ0v) is 12.0. The van der Waals surface area contributed by atoms with Gasteiger partial charge in [0.25, 0.3) is 0 Å². The maximum absolute atomic E-state index is 6.03. The molecule has 2 N–H and O–H groups in total. The van der Waals surface area contributed by atoms with Gasteiger partial charge in [-0.1, -0.05) is 59.6 Å². The lowest BCUT2D eigenvalue weighted by Crippen LogP contribution is -2.13. The number of halogens is 3. The molecule has 0 aromatic heterocycles. The second kappa shape index (κ2) is 7.01. The molecule has 2 rings (SSSR count). The number of nitrogens with two attached hydrogens (primary N) is 1. The van der Waals surface area contributed by atoms with Crippen molar-refractivity contribution in [2.45, 2.75) is 5.92 Å². The molecule has 0 spiro atoms. The molecule has 1 atom stereocenters. The maximum atomic E-state index is 6.03. The van der Waals surface area contributed by atoms with Crippen molar-refractivity contribution in [1.29, 1.82) is 0 Å². The molecule has 0 aliphatic rings. The predicted molar refractivity (Wildman–Crippen MR) is 81.0 cm³/mol. The van der Waals surface area contributed by atoms with Crippen molar-refractivity contribution >= 4 is 35.6 Å². The molecular formula is C14H14Cl3N. The Morgan fingerprint density at radius 2 is 1.56 bits per heavy atom. The highest BCUT2D eigenvalue weighted by atomic mass is 35.5. The molecular weight excluding hydrogens is 289 g/mol. The molecule has 0 heterocycles. The van der Waals surface area contributed by atoms with Crippen LogP contribution in [0.3, 0.4) is 0 Å². The third kappa shape index (κ3) is 3.39. The Bertz CT molecular complexity index is 500. The summed E-state index contributed by atoms with van der Waals surface area (Å²) < 4.78 is 0. The average Bonchev–Trinajstić information content (AvgIpc) is 2.36. The van der Waals surface area contributed by atoms with E-state index in [1.54, 1.807) is 0 Å². The van der Waals surface area contributed by atoms with Crippen molar-refractivity contribution in [3.63, 3.8) is 0 Å². The number of hydrogen-bond donors (Lipinski definition) is 1. The molecule has 0 saturated carbocycles. The highest BCUT2D eigenvalue weighted by Gasteiger charge is 2.13. The molecule has 1 unspecified atom stereocenters. The van der Waals surface area contributed by atoms with E-state index in [0.717, 1.165) is 5.56 Å². The van der Waals surface area contributed by atoms with Gasteiger partial charge in [-0.2, -0.15) is 0 Å². The lowest BCUT2D eigenvalue weighted by Gasteiger charge is -2.16. The van der Waals surface area contributed by atoms with Gasteiger partial charge in [-0.3, -0.25) is 0 Å². The van der Waals surface area contributed by atoms with Crippen LogP contribution in [0.4, 0.5) is 0 Å². The Balaban J connectivity index is 0.00000162. The summed E-state index contributed by atoms with van der Waals surface area (Å²) in [6, 6.07) is 15.8. The Hall–Kier alpha value is -0.730. The highest BCUT2D eigenvalue weighted by Crippen LogP contribution is 2.29. The molecule has 2 aromatic rings. The van der Waals surface area contributed by atoms with Gasteiger partial charge in [-0.15, -0.1) is 12.4 Å². The van der Waals surface area contributed by atoms with E-state index >= 15 is 0 Å². The maximum Gasteiger partial charge on any atom is 0.0595 e. The summed E-state index contributed by atoms with van der Waals surface area (Å²) in [5.74, 6) is 0.158. The molecule has 4 heteroatoms. The van der Waals surface area contributed by atoms with Crippen LogP contribution in [0, 0.1) is 0 Å². The van der Waals surface area contributed by atoms with Gasteiger partial charge in [-0.25, -0.2) is 0 Å². The zero-order valence-electron chi connectivity index (χ0n) is 9.64. The van der Waals surface area contributed by atoms with E-state index in [2.05, 4.69) is 12.1 Å². The molecule has 96 valence electrons. The number of benzene rings is 2. The van der Waals surface area contributed by atoms with Gasteiger partial charge in [0.05, 0.1) is 10.0 Å². The van der Waals surface area contributed by atoms with Crippen LogP contribution >= 0.6 is 35.6 Å². The van der Waals surface area contributed by atoms with Crippen LogP contribution in [0.15, 0.2) is 48.5 Å². The summed E-state index contributed by atoms with van der Waals surface area (Å²) in [4.78, 5) is 0. The minimum absolute atomic E-state index is 0. The SMILES string of the molecule is Cl.NCC(c1ccccc1)c1ccc(Cl)c(Cl)c1. The quantitative estimate of drug-likeness (QED) is 0.887. The fourth-order valence-electron chi connectivity index (χ4n) is 1.88. The first-order chi connectivity index (χ1) is 8.22. The van der Waals surface area contributed by atoms with Gasteiger partial charge < -0.3 is 5.73 Å². The van der Waals surface area contributed by atoms with Crippen LogP contribution in [-0.4, -0.2) is 6.54 Å². The second-order valence-electron chi connectivity index (χ2n) is 3.87. The molecule has 0 aliphatic carbocycles. The number of hydrogen-bond acceptors (Lipinski definition) is 1.